The minimum Gasteiger partial charge on any atom is -0.497 e. The quantitative estimate of drug-likeness (QED) is 0.917. The Morgan fingerprint density at radius 1 is 1.29 bits per heavy atom. The third kappa shape index (κ3) is 2.91. The van der Waals surface area contributed by atoms with Crippen LogP contribution in [0.4, 0.5) is 0 Å². The summed E-state index contributed by atoms with van der Waals surface area (Å²) < 4.78 is 6.67. The first-order chi connectivity index (χ1) is 10.1. The third-order valence-corrected chi connectivity index (χ3v) is 3.40. The highest BCUT2D eigenvalue weighted by atomic mass is 16.5. The molecule has 0 aliphatic carbocycles. The van der Waals surface area contributed by atoms with Crippen LogP contribution in [0, 0.1) is 0 Å². The molecule has 21 heavy (non-hydrogen) atoms. The summed E-state index contributed by atoms with van der Waals surface area (Å²) in [5, 5.41) is 4.12. The Kier molecular flexibility index (Phi) is 4.62. The molecule has 1 aromatic carbocycles. The van der Waals surface area contributed by atoms with Crippen molar-refractivity contribution in [3.8, 4) is 5.75 Å². The fraction of sp³-hybridized carbons (Fsp3) is 0.375. The van der Waals surface area contributed by atoms with Crippen LogP contribution in [0.25, 0.3) is 10.8 Å². The lowest BCUT2D eigenvalue weighted by atomic mass is 10.1. The van der Waals surface area contributed by atoms with Gasteiger partial charge in [-0.2, -0.15) is 0 Å². The number of hydrogen-bond donors (Lipinski definition) is 1. The molecule has 0 spiro atoms. The Bertz CT molecular complexity index is 719. The number of nitrogens with zero attached hydrogens (tertiary/aromatic N) is 1. The Morgan fingerprint density at radius 2 is 2.05 bits per heavy atom. The molecule has 0 fully saturated rings. The molecule has 0 bridgehead atoms. The molecule has 0 saturated carbocycles. The highest BCUT2D eigenvalue weighted by molar-refractivity contribution is 5.97. The van der Waals surface area contributed by atoms with Crippen molar-refractivity contribution >= 4 is 16.7 Å². The van der Waals surface area contributed by atoms with Crippen molar-refractivity contribution < 1.29 is 9.53 Å². The lowest BCUT2D eigenvalue weighted by molar-refractivity contribution is 0.0943. The van der Waals surface area contributed by atoms with Crippen molar-refractivity contribution in [2.24, 2.45) is 0 Å². The van der Waals surface area contributed by atoms with Gasteiger partial charge in [-0.3, -0.25) is 9.59 Å². The number of carbonyl (C=O) groups is 1. The number of methoxy groups -OCH3 is 1. The molecule has 0 aliphatic heterocycles. The van der Waals surface area contributed by atoms with Gasteiger partial charge in [0.15, 0.2) is 0 Å². The Labute approximate surface area is 123 Å². The van der Waals surface area contributed by atoms with Crippen LogP contribution in [0.1, 0.15) is 30.8 Å². The Hall–Kier alpha value is -2.30. The number of benzene rings is 1. The standard InChI is InChI=1S/C16H20N2O3/c1-4-8-17-15(19)14-10-11-9-12(21-3)6-7-13(11)16(20)18(14)5-2/h6-7,9-10H,4-5,8H2,1-3H3,(H,17,19). The van der Waals surface area contributed by atoms with Crippen molar-refractivity contribution in [2.45, 2.75) is 26.8 Å². The molecular formula is C16H20N2O3. The minimum absolute atomic E-state index is 0.153. The van der Waals surface area contributed by atoms with Crippen LogP contribution < -0.4 is 15.6 Å². The van der Waals surface area contributed by atoms with Crippen molar-refractivity contribution in [3.63, 3.8) is 0 Å². The number of carbonyl (C=O) groups excluding carboxylic acids is 1. The van der Waals surface area contributed by atoms with Crippen LogP contribution in [0.15, 0.2) is 29.1 Å². The molecule has 0 aliphatic rings. The van der Waals surface area contributed by atoms with Gasteiger partial charge in [0, 0.05) is 18.5 Å². The second-order valence-corrected chi connectivity index (χ2v) is 4.79. The van der Waals surface area contributed by atoms with Crippen molar-refractivity contribution in [3.05, 3.63) is 40.3 Å². The number of aromatic nitrogens is 1. The number of fused-ring (bicyclic) bond motifs is 1. The summed E-state index contributed by atoms with van der Waals surface area (Å²) in [6, 6.07) is 7.00. The van der Waals surface area contributed by atoms with Crippen molar-refractivity contribution in [1.29, 1.82) is 0 Å². The monoisotopic (exact) mass is 288 g/mol. The molecule has 0 saturated heterocycles. The van der Waals surface area contributed by atoms with E-state index >= 15 is 0 Å². The van der Waals surface area contributed by atoms with Gasteiger partial charge in [0.25, 0.3) is 11.5 Å². The van der Waals surface area contributed by atoms with Crippen molar-refractivity contribution in [1.82, 2.24) is 9.88 Å². The average molecular weight is 288 g/mol. The van der Waals surface area contributed by atoms with Gasteiger partial charge in [0.2, 0.25) is 0 Å². The molecule has 0 unspecified atom stereocenters. The van der Waals surface area contributed by atoms with Gasteiger partial charge < -0.3 is 14.6 Å². The molecule has 2 rings (SSSR count). The van der Waals surface area contributed by atoms with Crippen LogP contribution in [0.2, 0.25) is 0 Å². The van der Waals surface area contributed by atoms with E-state index in [1.54, 1.807) is 31.4 Å². The second kappa shape index (κ2) is 6.43. The van der Waals surface area contributed by atoms with E-state index in [9.17, 15) is 9.59 Å². The molecule has 2 aromatic rings. The van der Waals surface area contributed by atoms with Gasteiger partial charge in [0.1, 0.15) is 11.4 Å². The fourth-order valence-electron chi connectivity index (χ4n) is 2.29. The summed E-state index contributed by atoms with van der Waals surface area (Å²) in [6.45, 7) is 4.88. The number of hydrogen-bond acceptors (Lipinski definition) is 3. The Balaban J connectivity index is 2.63. The molecule has 0 atom stereocenters. The van der Waals surface area contributed by atoms with E-state index in [1.807, 2.05) is 13.8 Å². The molecule has 1 amide bonds. The largest absolute Gasteiger partial charge is 0.497 e. The molecule has 0 radical (unpaired) electrons. The average Bonchev–Trinajstić information content (AvgIpc) is 2.51. The SMILES string of the molecule is CCCNC(=O)c1cc2cc(OC)ccc2c(=O)n1CC. The maximum absolute atomic E-state index is 12.5. The maximum Gasteiger partial charge on any atom is 0.268 e. The molecule has 112 valence electrons. The summed E-state index contributed by atoms with van der Waals surface area (Å²) in [5.41, 5.74) is 0.232. The van der Waals surface area contributed by atoms with E-state index in [1.165, 1.54) is 4.57 Å². The molecule has 1 N–H and O–H groups in total. The zero-order valence-corrected chi connectivity index (χ0v) is 12.6. The van der Waals surface area contributed by atoms with E-state index < -0.39 is 0 Å². The predicted octanol–water partition coefficient (Wildman–Crippen LogP) is 2.17. The fourth-order valence-corrected chi connectivity index (χ4v) is 2.29. The number of pyridine rings is 1. The molecule has 1 aromatic heterocycles. The second-order valence-electron chi connectivity index (χ2n) is 4.79. The Morgan fingerprint density at radius 3 is 2.67 bits per heavy atom. The molecular weight excluding hydrogens is 268 g/mol. The summed E-state index contributed by atoms with van der Waals surface area (Å²) in [7, 11) is 1.57. The van der Waals surface area contributed by atoms with E-state index in [4.69, 9.17) is 4.74 Å². The van der Waals surface area contributed by atoms with E-state index in [2.05, 4.69) is 5.32 Å². The van der Waals surface area contributed by atoms with Crippen LogP contribution in [0.5, 0.6) is 5.75 Å². The van der Waals surface area contributed by atoms with Gasteiger partial charge in [-0.1, -0.05) is 6.92 Å². The van der Waals surface area contributed by atoms with E-state index in [0.29, 0.717) is 35.3 Å². The van der Waals surface area contributed by atoms with Gasteiger partial charge in [0.05, 0.1) is 7.11 Å². The predicted molar refractivity (Wildman–Crippen MR) is 83.1 cm³/mol. The number of ether oxygens (including phenoxy) is 1. The zero-order valence-electron chi connectivity index (χ0n) is 12.6. The van der Waals surface area contributed by atoms with Crippen LogP contribution in [-0.4, -0.2) is 24.1 Å². The van der Waals surface area contributed by atoms with Crippen LogP contribution >= 0.6 is 0 Å². The number of amides is 1. The number of nitrogens with one attached hydrogen (secondary N) is 1. The summed E-state index contributed by atoms with van der Waals surface area (Å²) in [5.74, 6) is 0.441. The zero-order chi connectivity index (χ0) is 15.4. The molecule has 1 heterocycles. The van der Waals surface area contributed by atoms with E-state index in [-0.39, 0.29) is 11.5 Å². The first-order valence-electron chi connectivity index (χ1n) is 7.12. The highest BCUT2D eigenvalue weighted by Crippen LogP contribution is 2.19. The smallest absolute Gasteiger partial charge is 0.268 e. The van der Waals surface area contributed by atoms with Crippen LogP contribution in [0.3, 0.4) is 0 Å². The lowest BCUT2D eigenvalue weighted by Gasteiger charge is -2.13. The lowest BCUT2D eigenvalue weighted by Crippen LogP contribution is -2.32. The topological polar surface area (TPSA) is 60.3 Å². The number of rotatable bonds is 5. The molecule has 5 heteroatoms. The van der Waals surface area contributed by atoms with Gasteiger partial charge >= 0.3 is 0 Å². The summed E-state index contributed by atoms with van der Waals surface area (Å²) in [4.78, 5) is 24.7. The third-order valence-electron chi connectivity index (χ3n) is 3.40. The normalized spacial score (nSPS) is 10.6. The summed E-state index contributed by atoms with van der Waals surface area (Å²) >= 11 is 0. The molecule has 5 nitrogen and oxygen atoms in total. The van der Waals surface area contributed by atoms with E-state index in [0.717, 1.165) is 6.42 Å². The van der Waals surface area contributed by atoms with Crippen molar-refractivity contribution in [2.75, 3.05) is 13.7 Å². The van der Waals surface area contributed by atoms with Gasteiger partial charge in [-0.05, 0) is 43.0 Å². The minimum atomic E-state index is -0.222. The van der Waals surface area contributed by atoms with Gasteiger partial charge in [-0.25, -0.2) is 0 Å². The maximum atomic E-state index is 12.5. The summed E-state index contributed by atoms with van der Waals surface area (Å²) in [6.07, 6.45) is 0.851. The first kappa shape index (κ1) is 15.1. The highest BCUT2D eigenvalue weighted by Gasteiger charge is 2.14. The van der Waals surface area contributed by atoms with Gasteiger partial charge in [-0.15, -0.1) is 0 Å². The van der Waals surface area contributed by atoms with Crippen LogP contribution in [-0.2, 0) is 6.54 Å². The first-order valence-corrected chi connectivity index (χ1v) is 7.12.